The lowest BCUT2D eigenvalue weighted by atomic mass is 10.5. The molecular weight excluding hydrogens is 194 g/mol. The highest BCUT2D eigenvalue weighted by molar-refractivity contribution is 7.09. The molecule has 0 aliphatic heterocycles. The first-order chi connectivity index (χ1) is 6.81. The molecule has 0 radical (unpaired) electrons. The SMILES string of the molecule is C=O.CC.CCNC.Cc1cccs1. The summed E-state index contributed by atoms with van der Waals surface area (Å²) in [4.78, 5) is 9.38. The lowest BCUT2D eigenvalue weighted by Gasteiger charge is -1.76. The Morgan fingerprint density at radius 1 is 1.43 bits per heavy atom. The fourth-order valence-electron chi connectivity index (χ4n) is 0.361. The zero-order valence-electron chi connectivity index (χ0n) is 9.96. The second-order valence-electron chi connectivity index (χ2n) is 1.93. The summed E-state index contributed by atoms with van der Waals surface area (Å²) < 4.78 is 0. The lowest BCUT2D eigenvalue weighted by Crippen LogP contribution is -2.01. The molecule has 0 atom stereocenters. The molecule has 2 nitrogen and oxygen atoms in total. The van der Waals surface area contributed by atoms with E-state index in [-0.39, 0.29) is 0 Å². The van der Waals surface area contributed by atoms with Crippen LogP contribution < -0.4 is 5.32 Å². The predicted molar refractivity (Wildman–Crippen MR) is 67.1 cm³/mol. The highest BCUT2D eigenvalue weighted by Crippen LogP contribution is 2.03. The molecule has 14 heavy (non-hydrogen) atoms. The van der Waals surface area contributed by atoms with E-state index in [9.17, 15) is 0 Å². The molecule has 1 heterocycles. The van der Waals surface area contributed by atoms with Crippen molar-refractivity contribution in [1.82, 2.24) is 5.32 Å². The topological polar surface area (TPSA) is 29.1 Å². The molecule has 84 valence electrons. The van der Waals surface area contributed by atoms with Gasteiger partial charge in [0, 0.05) is 4.88 Å². The maximum atomic E-state index is 8.00. The van der Waals surface area contributed by atoms with E-state index in [1.54, 1.807) is 11.3 Å². The molecule has 0 bridgehead atoms. The Labute approximate surface area is 92.4 Å². The average molecular weight is 217 g/mol. The van der Waals surface area contributed by atoms with Crippen molar-refractivity contribution >= 4 is 18.1 Å². The monoisotopic (exact) mass is 217 g/mol. The van der Waals surface area contributed by atoms with Gasteiger partial charge in [-0.2, -0.15) is 0 Å². The molecule has 1 rings (SSSR count). The van der Waals surface area contributed by atoms with Crippen LogP contribution in [0.2, 0.25) is 0 Å². The van der Waals surface area contributed by atoms with Crippen LogP contribution in [0.1, 0.15) is 25.6 Å². The maximum absolute atomic E-state index is 8.00. The van der Waals surface area contributed by atoms with Crippen LogP contribution >= 0.6 is 11.3 Å². The fourth-order valence-corrected chi connectivity index (χ4v) is 0.890. The Balaban J connectivity index is -0.000000134. The van der Waals surface area contributed by atoms with Crippen molar-refractivity contribution in [2.24, 2.45) is 0 Å². The Hall–Kier alpha value is -0.670. The van der Waals surface area contributed by atoms with Crippen LogP contribution in [0.5, 0.6) is 0 Å². The smallest absolute Gasteiger partial charge is 0.106 e. The summed E-state index contributed by atoms with van der Waals surface area (Å²) in [6.07, 6.45) is 0. The second kappa shape index (κ2) is 22.8. The predicted octanol–water partition coefficient (Wildman–Crippen LogP) is 3.12. The quantitative estimate of drug-likeness (QED) is 0.783. The minimum absolute atomic E-state index is 1.07. The van der Waals surface area contributed by atoms with Gasteiger partial charge in [0.05, 0.1) is 0 Å². The Morgan fingerprint density at radius 3 is 1.93 bits per heavy atom. The number of aryl methyl sites for hydroxylation is 1. The largest absolute Gasteiger partial charge is 0.320 e. The molecule has 0 aromatic carbocycles. The number of carbonyl (C=O) groups is 1. The lowest BCUT2D eigenvalue weighted by molar-refractivity contribution is -0.0979. The molecule has 0 aliphatic carbocycles. The van der Waals surface area contributed by atoms with Gasteiger partial charge in [-0.3, -0.25) is 0 Å². The second-order valence-corrected chi connectivity index (χ2v) is 3.08. The van der Waals surface area contributed by atoms with E-state index in [4.69, 9.17) is 4.79 Å². The summed E-state index contributed by atoms with van der Waals surface area (Å²) in [5, 5.41) is 5.01. The average Bonchev–Trinajstić information content (AvgIpc) is 2.75. The summed E-state index contributed by atoms with van der Waals surface area (Å²) >= 11 is 1.78. The van der Waals surface area contributed by atoms with Crippen molar-refractivity contribution in [3.05, 3.63) is 22.4 Å². The van der Waals surface area contributed by atoms with Gasteiger partial charge in [-0.05, 0) is 32.0 Å². The third-order valence-corrected chi connectivity index (χ3v) is 1.82. The minimum Gasteiger partial charge on any atom is -0.320 e. The van der Waals surface area contributed by atoms with Crippen LogP contribution in [0.3, 0.4) is 0 Å². The number of rotatable bonds is 1. The Morgan fingerprint density at radius 2 is 1.86 bits per heavy atom. The summed E-state index contributed by atoms with van der Waals surface area (Å²) in [5.74, 6) is 0. The maximum Gasteiger partial charge on any atom is 0.106 e. The van der Waals surface area contributed by atoms with Crippen molar-refractivity contribution < 1.29 is 4.79 Å². The highest BCUT2D eigenvalue weighted by atomic mass is 32.1. The van der Waals surface area contributed by atoms with Crippen LogP contribution in [0.25, 0.3) is 0 Å². The van der Waals surface area contributed by atoms with E-state index in [1.165, 1.54) is 4.88 Å². The number of nitrogens with one attached hydrogen (secondary N) is 1. The van der Waals surface area contributed by atoms with Crippen molar-refractivity contribution in [3.63, 3.8) is 0 Å². The van der Waals surface area contributed by atoms with Gasteiger partial charge < -0.3 is 10.1 Å². The number of hydrogen-bond acceptors (Lipinski definition) is 3. The van der Waals surface area contributed by atoms with Gasteiger partial charge in [-0.1, -0.05) is 26.8 Å². The number of thiophene rings is 1. The molecule has 0 amide bonds. The molecule has 1 N–H and O–H groups in total. The van der Waals surface area contributed by atoms with Gasteiger partial charge >= 0.3 is 0 Å². The summed E-state index contributed by atoms with van der Waals surface area (Å²) in [6.45, 7) is 11.2. The summed E-state index contributed by atoms with van der Waals surface area (Å²) in [7, 11) is 1.93. The van der Waals surface area contributed by atoms with Crippen LogP contribution in [-0.2, 0) is 4.79 Å². The first-order valence-electron chi connectivity index (χ1n) is 4.74. The standard InChI is InChI=1S/C5H6S.C3H9N.C2H6.CH2O/c1-5-3-2-4-6-5;1-3-4-2;2*1-2/h2-4H,1H3;4H,3H2,1-2H3;1-2H3;1H2. The molecular formula is C11H23NOS. The molecule has 0 unspecified atom stereocenters. The Kier molecular flexibility index (Phi) is 30.9. The van der Waals surface area contributed by atoms with Gasteiger partial charge in [0.15, 0.2) is 0 Å². The van der Waals surface area contributed by atoms with Gasteiger partial charge in [0.25, 0.3) is 0 Å². The third kappa shape index (κ3) is 22.5. The zero-order valence-corrected chi connectivity index (χ0v) is 10.8. The van der Waals surface area contributed by atoms with Gasteiger partial charge in [0.1, 0.15) is 6.79 Å². The third-order valence-electron chi connectivity index (χ3n) is 1.02. The molecule has 0 saturated carbocycles. The fraction of sp³-hybridized carbons (Fsp3) is 0.545. The van der Waals surface area contributed by atoms with Crippen molar-refractivity contribution in [1.29, 1.82) is 0 Å². The van der Waals surface area contributed by atoms with Crippen molar-refractivity contribution in [3.8, 4) is 0 Å². The minimum atomic E-state index is 1.07. The normalized spacial score (nSPS) is 6.64. The van der Waals surface area contributed by atoms with Crippen LogP contribution in [0.4, 0.5) is 0 Å². The highest BCUT2D eigenvalue weighted by Gasteiger charge is 1.74. The van der Waals surface area contributed by atoms with E-state index in [2.05, 4.69) is 36.7 Å². The van der Waals surface area contributed by atoms with Gasteiger partial charge in [-0.25, -0.2) is 0 Å². The first-order valence-corrected chi connectivity index (χ1v) is 5.62. The summed E-state index contributed by atoms with van der Waals surface area (Å²) in [5.41, 5.74) is 0. The van der Waals surface area contributed by atoms with E-state index >= 15 is 0 Å². The van der Waals surface area contributed by atoms with Crippen LogP contribution in [-0.4, -0.2) is 20.4 Å². The molecule has 0 saturated heterocycles. The Bertz CT molecular complexity index is 150. The number of carbonyl (C=O) groups excluding carboxylic acids is 1. The van der Waals surface area contributed by atoms with Gasteiger partial charge in [0.2, 0.25) is 0 Å². The van der Waals surface area contributed by atoms with Crippen molar-refractivity contribution in [2.75, 3.05) is 13.6 Å². The van der Waals surface area contributed by atoms with Crippen molar-refractivity contribution in [2.45, 2.75) is 27.7 Å². The van der Waals surface area contributed by atoms with E-state index in [0.717, 1.165) is 6.54 Å². The molecule has 3 heteroatoms. The molecule has 0 fully saturated rings. The van der Waals surface area contributed by atoms with E-state index < -0.39 is 0 Å². The first kappa shape index (κ1) is 19.0. The summed E-state index contributed by atoms with van der Waals surface area (Å²) in [6, 6.07) is 4.16. The van der Waals surface area contributed by atoms with E-state index in [1.807, 2.05) is 27.7 Å². The molecule has 0 aliphatic rings. The molecule has 1 aromatic heterocycles. The van der Waals surface area contributed by atoms with Gasteiger partial charge in [-0.15, -0.1) is 11.3 Å². The van der Waals surface area contributed by atoms with E-state index in [0.29, 0.717) is 0 Å². The molecule has 1 aromatic rings. The number of hydrogen-bond donors (Lipinski definition) is 1. The zero-order chi connectivity index (χ0) is 11.8. The molecule has 0 spiro atoms. The van der Waals surface area contributed by atoms with Crippen LogP contribution in [0, 0.1) is 6.92 Å². The van der Waals surface area contributed by atoms with Crippen LogP contribution in [0.15, 0.2) is 17.5 Å².